The minimum absolute atomic E-state index is 0.145. The molecular weight excluding hydrogens is 833 g/mol. The first-order valence-electron chi connectivity index (χ1n) is 25.3. The van der Waals surface area contributed by atoms with Gasteiger partial charge in [-0.05, 0) is 99.4 Å². The van der Waals surface area contributed by atoms with E-state index in [9.17, 15) is 0 Å². The van der Waals surface area contributed by atoms with Crippen LogP contribution in [0.2, 0.25) is 0 Å². The van der Waals surface area contributed by atoms with Crippen LogP contribution in [0.5, 0.6) is 11.5 Å². The molecule has 0 radical (unpaired) electrons. The molecule has 0 heterocycles. The summed E-state index contributed by atoms with van der Waals surface area (Å²) in [4.78, 5) is 0. The van der Waals surface area contributed by atoms with Crippen LogP contribution in [0.1, 0.15) is 57.1 Å². The molecule has 4 heteroatoms. The Labute approximate surface area is 395 Å². The van der Waals surface area contributed by atoms with Gasteiger partial charge >= 0.3 is 0 Å². The highest BCUT2D eigenvalue weighted by Gasteiger charge is 2.65. The summed E-state index contributed by atoms with van der Waals surface area (Å²) >= 11 is 0. The molecule has 19 rings (SSSR count). The third kappa shape index (κ3) is 4.47. The van der Waals surface area contributed by atoms with Crippen molar-refractivity contribution < 1.29 is 18.9 Å². The second-order valence-corrected chi connectivity index (χ2v) is 21.7. The van der Waals surface area contributed by atoms with E-state index in [0.717, 1.165) is 11.5 Å². The fraction of sp³-hybridized carbons (Fsp3) is 0.281. The topological polar surface area (TPSA) is 36.9 Å². The van der Waals surface area contributed by atoms with Crippen molar-refractivity contribution in [2.75, 3.05) is 14.2 Å². The van der Waals surface area contributed by atoms with Gasteiger partial charge in [-0.2, -0.15) is 0 Å². The van der Waals surface area contributed by atoms with Crippen molar-refractivity contribution >= 4 is 64.6 Å². The fourth-order valence-corrected chi connectivity index (χ4v) is 17.1. The molecule has 14 atom stereocenters. The lowest BCUT2D eigenvalue weighted by molar-refractivity contribution is 0.0112. The lowest BCUT2D eigenvalue weighted by Gasteiger charge is -2.52. The molecule has 330 valence electrons. The largest absolute Gasteiger partial charge is 0.496 e. The first kappa shape index (κ1) is 37.5. The molecule has 4 nitrogen and oxygen atoms in total. The van der Waals surface area contributed by atoms with Crippen molar-refractivity contribution in [1.29, 1.82) is 0 Å². The zero-order valence-electron chi connectivity index (χ0n) is 38.1. The summed E-state index contributed by atoms with van der Waals surface area (Å²) in [5.74, 6) is 6.49. The number of allylic oxidation sites excluding steroid dienone is 4. The fourth-order valence-electron chi connectivity index (χ4n) is 17.1. The maximum Gasteiger partial charge on any atom is 0.127 e. The van der Waals surface area contributed by atoms with Crippen molar-refractivity contribution in [3.63, 3.8) is 0 Å². The predicted molar refractivity (Wildman–Crippen MR) is 272 cm³/mol. The SMILES string of the molecule is COc1c2c(c(OC)c3c1[C@@H]1C=C[C@H]3[C@@H]3[C@H]1[C@@H]1C=C[C@H]3C1OCc1ccc3ccc4cccc5ccc1c3c45)[C@@H]1C=C[C@H]2[C@@H]2[C@H]1[C@@H]1C=C[C@H]2C1OCc1ccc2ccc3cccc4ccc1c2c34. The molecule has 8 bridgehead atoms. The summed E-state index contributed by atoms with van der Waals surface area (Å²) in [7, 11) is 3.86. The van der Waals surface area contributed by atoms with Crippen LogP contribution in [0.4, 0.5) is 0 Å². The molecule has 0 aromatic heterocycles. The van der Waals surface area contributed by atoms with E-state index >= 15 is 0 Å². The van der Waals surface area contributed by atoms with Crippen LogP contribution in [0.3, 0.4) is 0 Å². The molecule has 10 aliphatic rings. The highest BCUT2D eigenvalue weighted by atomic mass is 16.5. The van der Waals surface area contributed by atoms with E-state index in [4.69, 9.17) is 18.9 Å². The van der Waals surface area contributed by atoms with Gasteiger partial charge in [0.2, 0.25) is 0 Å². The molecule has 2 saturated carbocycles. The third-order valence-corrected chi connectivity index (χ3v) is 19.4. The molecule has 9 aromatic rings. The molecule has 0 spiro atoms. The molecule has 68 heavy (non-hydrogen) atoms. The second-order valence-electron chi connectivity index (χ2n) is 21.7. The number of hydrogen-bond acceptors (Lipinski definition) is 4. The van der Waals surface area contributed by atoms with Crippen LogP contribution in [-0.4, -0.2) is 26.4 Å². The average Bonchev–Trinajstić information content (AvgIpc) is 4.17. The Kier molecular flexibility index (Phi) is 7.28. The number of rotatable bonds is 8. The minimum Gasteiger partial charge on any atom is -0.496 e. The Bertz CT molecular complexity index is 3430. The maximum atomic E-state index is 7.24. The van der Waals surface area contributed by atoms with Gasteiger partial charge in [0.15, 0.2) is 0 Å². The summed E-state index contributed by atoms with van der Waals surface area (Å²) in [6, 6.07) is 40.8. The normalized spacial score (nSPS) is 32.6. The number of fused-ring (bicyclic) bond motifs is 4. The summed E-state index contributed by atoms with van der Waals surface area (Å²) < 4.78 is 28.1. The van der Waals surface area contributed by atoms with Crippen LogP contribution >= 0.6 is 0 Å². The highest BCUT2D eigenvalue weighted by Crippen LogP contribution is 2.73. The van der Waals surface area contributed by atoms with Crippen molar-refractivity contribution in [3.8, 4) is 11.5 Å². The van der Waals surface area contributed by atoms with Crippen LogP contribution < -0.4 is 9.47 Å². The number of methoxy groups -OCH3 is 2. The van der Waals surface area contributed by atoms with E-state index in [1.807, 2.05) is 14.2 Å². The van der Waals surface area contributed by atoms with E-state index in [0.29, 0.717) is 60.6 Å². The Morgan fingerprint density at radius 2 is 0.647 bits per heavy atom. The maximum absolute atomic E-state index is 7.24. The molecular formula is C64H50O4. The first-order valence-corrected chi connectivity index (χ1v) is 25.3. The monoisotopic (exact) mass is 882 g/mol. The Morgan fingerprint density at radius 3 is 0.985 bits per heavy atom. The van der Waals surface area contributed by atoms with Crippen molar-refractivity contribution in [3.05, 3.63) is 191 Å². The van der Waals surface area contributed by atoms with Gasteiger partial charge in [0.1, 0.15) is 11.5 Å². The van der Waals surface area contributed by atoms with Gasteiger partial charge in [-0.1, -0.05) is 158 Å². The van der Waals surface area contributed by atoms with Crippen molar-refractivity contribution in [2.24, 2.45) is 47.3 Å². The molecule has 2 fully saturated rings. The Morgan fingerprint density at radius 1 is 0.338 bits per heavy atom. The molecule has 0 aliphatic heterocycles. The van der Waals surface area contributed by atoms with Crippen LogP contribution in [0.25, 0.3) is 64.6 Å². The molecule has 0 N–H and O–H groups in total. The van der Waals surface area contributed by atoms with Crippen molar-refractivity contribution in [2.45, 2.75) is 49.1 Å². The number of benzene rings is 9. The smallest absolute Gasteiger partial charge is 0.127 e. The van der Waals surface area contributed by atoms with E-state index in [1.165, 1.54) is 98.0 Å². The van der Waals surface area contributed by atoms with Gasteiger partial charge in [0.05, 0.1) is 39.6 Å². The first-order chi connectivity index (χ1) is 33.7. The van der Waals surface area contributed by atoms with Crippen LogP contribution in [0, 0.1) is 47.3 Å². The van der Waals surface area contributed by atoms with E-state index < -0.39 is 0 Å². The summed E-state index contributed by atoms with van der Waals surface area (Å²) in [6.07, 6.45) is 20.5. The van der Waals surface area contributed by atoms with Gasteiger partial charge < -0.3 is 18.9 Å². The molecule has 0 amide bonds. The predicted octanol–water partition coefficient (Wildman–Crippen LogP) is 14.3. The number of ether oxygens (including phenoxy) is 4. The van der Waals surface area contributed by atoms with Gasteiger partial charge in [-0.25, -0.2) is 0 Å². The summed E-state index contributed by atoms with van der Waals surface area (Å²) in [5, 5.41) is 15.9. The molecule has 10 aliphatic carbocycles. The second kappa shape index (κ2) is 13.2. The summed E-state index contributed by atoms with van der Waals surface area (Å²) in [6.45, 7) is 1.22. The lowest BCUT2D eigenvalue weighted by Crippen LogP contribution is -2.41. The van der Waals surface area contributed by atoms with E-state index in [-0.39, 0.29) is 35.9 Å². The van der Waals surface area contributed by atoms with Gasteiger partial charge in [-0.15, -0.1) is 0 Å². The van der Waals surface area contributed by atoms with Crippen LogP contribution in [-0.2, 0) is 22.7 Å². The standard InChI is InChI=1S/C64H50O4/c1-65-63-57-41-21-23-43(55-47-27-25-45(53(41)55)61(47)67-29-37-15-13-35-11-9-31-5-3-7-33-17-19-39(37)51(35)49(31)33)59(57)64(66-2)60-44-24-22-42(58(60)63)54-46-26-28-48(56(44)54)62(46)68-30-38-16-14-36-12-10-32-6-4-8-34-18-20-40(38)52(36)50(32)34/h3-28,41-48,53-56,61-62H,29-30H2,1-2H3/t41-,42+,43+,44-,45+,46-,47-,48+,53-,54+,55+,56-,61?,62?. The Hall–Kier alpha value is -6.46. The minimum atomic E-state index is 0.145. The Balaban J connectivity index is 0.702. The van der Waals surface area contributed by atoms with E-state index in [2.05, 4.69) is 158 Å². The quantitative estimate of drug-likeness (QED) is 0.113. The zero-order valence-corrected chi connectivity index (χ0v) is 38.1. The average molecular weight is 883 g/mol. The summed E-state index contributed by atoms with van der Waals surface area (Å²) in [5.41, 5.74) is 8.12. The third-order valence-electron chi connectivity index (χ3n) is 19.4. The zero-order chi connectivity index (χ0) is 44.3. The molecule has 0 saturated heterocycles. The number of hydrogen-bond donors (Lipinski definition) is 0. The lowest BCUT2D eigenvalue weighted by atomic mass is 9.52. The van der Waals surface area contributed by atoms with Gasteiger partial charge in [-0.3, -0.25) is 0 Å². The van der Waals surface area contributed by atoms with E-state index in [1.54, 1.807) is 0 Å². The van der Waals surface area contributed by atoms with Gasteiger partial charge in [0.25, 0.3) is 0 Å². The van der Waals surface area contributed by atoms with Crippen LogP contribution in [0.15, 0.2) is 158 Å². The molecule has 2 unspecified atom stereocenters. The van der Waals surface area contributed by atoms with Gasteiger partial charge in [0, 0.05) is 69.6 Å². The highest BCUT2D eigenvalue weighted by molar-refractivity contribution is 6.24. The van der Waals surface area contributed by atoms with Crippen molar-refractivity contribution in [1.82, 2.24) is 0 Å². The molecule has 9 aromatic carbocycles.